The minimum atomic E-state index is -0.0244. The molecule has 8 heteroatoms. The first-order chi connectivity index (χ1) is 12.5. The number of aliphatic imine (C=N–C) groups is 1. The van der Waals surface area contributed by atoms with Crippen LogP contribution in [0.5, 0.6) is 0 Å². The number of likely N-dealkylation sites (N-methyl/N-ethyl adjacent to an activating group) is 1. The Morgan fingerprint density at radius 1 is 1.46 bits per heavy atom. The molecular formula is C18H31N5O2S. The largest absolute Gasteiger partial charge is 0.376 e. The Hall–Kier alpha value is -1.67. The molecular weight excluding hydrogens is 350 g/mol. The Labute approximate surface area is 160 Å². The van der Waals surface area contributed by atoms with Gasteiger partial charge in [-0.2, -0.15) is 0 Å². The molecule has 26 heavy (non-hydrogen) atoms. The van der Waals surface area contributed by atoms with Crippen molar-refractivity contribution in [2.45, 2.75) is 45.1 Å². The molecule has 2 unspecified atom stereocenters. The van der Waals surface area contributed by atoms with Gasteiger partial charge in [0.1, 0.15) is 6.54 Å². The van der Waals surface area contributed by atoms with Crippen LogP contribution in [0, 0.1) is 6.92 Å². The number of thiazole rings is 1. The number of amides is 1. The number of nitrogens with one attached hydrogen (secondary N) is 2. The van der Waals surface area contributed by atoms with Gasteiger partial charge in [0.2, 0.25) is 5.91 Å². The topological polar surface area (TPSA) is 78.9 Å². The van der Waals surface area contributed by atoms with Crippen molar-refractivity contribution in [2.75, 3.05) is 40.3 Å². The minimum absolute atomic E-state index is 0.0244. The average molecular weight is 382 g/mol. The van der Waals surface area contributed by atoms with Crippen molar-refractivity contribution < 1.29 is 9.53 Å². The molecule has 1 aromatic rings. The van der Waals surface area contributed by atoms with Crippen molar-refractivity contribution in [3.8, 4) is 0 Å². The second-order valence-electron chi connectivity index (χ2n) is 6.91. The van der Waals surface area contributed by atoms with Gasteiger partial charge in [-0.1, -0.05) is 6.92 Å². The van der Waals surface area contributed by atoms with E-state index in [0.717, 1.165) is 24.5 Å². The predicted molar refractivity (Wildman–Crippen MR) is 106 cm³/mol. The standard InChI is InChI=1S/C18H31N5O2S/c1-13(17-19-10-14(2)26-17)9-20-18(22-12-16(24)23(3)4)21-11-15-7-5-6-8-25-15/h10,13,15H,5-9,11-12H2,1-4H3,(H2,20,21,22). The maximum atomic E-state index is 11.8. The van der Waals surface area contributed by atoms with E-state index in [0.29, 0.717) is 19.0 Å². The fourth-order valence-electron chi connectivity index (χ4n) is 2.58. The molecule has 0 spiro atoms. The number of guanidine groups is 1. The minimum Gasteiger partial charge on any atom is -0.376 e. The zero-order valence-electron chi connectivity index (χ0n) is 16.2. The number of aromatic nitrogens is 1. The van der Waals surface area contributed by atoms with E-state index in [1.807, 2.05) is 6.20 Å². The Balaban J connectivity index is 1.90. The summed E-state index contributed by atoms with van der Waals surface area (Å²) in [5, 5.41) is 7.77. The van der Waals surface area contributed by atoms with Gasteiger partial charge in [0.15, 0.2) is 5.96 Å². The van der Waals surface area contributed by atoms with E-state index in [4.69, 9.17) is 4.74 Å². The van der Waals surface area contributed by atoms with Crippen LogP contribution in [0.1, 0.15) is 42.0 Å². The van der Waals surface area contributed by atoms with Gasteiger partial charge in [-0.05, 0) is 26.2 Å². The number of hydrogen-bond acceptors (Lipinski definition) is 5. The van der Waals surface area contributed by atoms with Gasteiger partial charge in [-0.3, -0.25) is 4.79 Å². The highest BCUT2D eigenvalue weighted by molar-refractivity contribution is 7.11. The maximum Gasteiger partial charge on any atom is 0.243 e. The van der Waals surface area contributed by atoms with Crippen LogP contribution in [-0.2, 0) is 9.53 Å². The van der Waals surface area contributed by atoms with Crippen molar-refractivity contribution in [2.24, 2.45) is 4.99 Å². The third-order valence-electron chi connectivity index (χ3n) is 4.28. The molecule has 0 aliphatic carbocycles. The molecule has 1 aliphatic heterocycles. The summed E-state index contributed by atoms with van der Waals surface area (Å²) in [6.45, 7) is 6.56. The van der Waals surface area contributed by atoms with E-state index in [1.165, 1.54) is 11.3 Å². The lowest BCUT2D eigenvalue weighted by Gasteiger charge is -2.24. The summed E-state index contributed by atoms with van der Waals surface area (Å²) in [6.07, 6.45) is 5.51. The van der Waals surface area contributed by atoms with Crippen LogP contribution < -0.4 is 10.6 Å². The Bertz CT molecular complexity index is 596. The molecule has 1 saturated heterocycles. The van der Waals surface area contributed by atoms with Crippen molar-refractivity contribution in [3.05, 3.63) is 16.1 Å². The Kier molecular flexibility index (Phi) is 8.31. The summed E-state index contributed by atoms with van der Waals surface area (Å²) < 4.78 is 5.76. The summed E-state index contributed by atoms with van der Waals surface area (Å²) in [4.78, 5) is 23.5. The number of carbonyl (C=O) groups excluding carboxylic acids is 1. The molecule has 2 rings (SSSR count). The molecule has 0 aromatic carbocycles. The molecule has 1 fully saturated rings. The Morgan fingerprint density at radius 2 is 2.27 bits per heavy atom. The van der Waals surface area contributed by atoms with Gasteiger partial charge >= 0.3 is 0 Å². The normalized spacial score (nSPS) is 19.1. The molecule has 1 aromatic heterocycles. The first kappa shape index (κ1) is 20.6. The van der Waals surface area contributed by atoms with Gasteiger partial charge < -0.3 is 20.3 Å². The van der Waals surface area contributed by atoms with E-state index in [1.54, 1.807) is 30.3 Å². The first-order valence-electron chi connectivity index (χ1n) is 9.22. The lowest BCUT2D eigenvalue weighted by Crippen LogP contribution is -2.44. The molecule has 1 amide bonds. The second kappa shape index (κ2) is 10.5. The molecule has 0 saturated carbocycles. The highest BCUT2D eigenvalue weighted by atomic mass is 32.1. The van der Waals surface area contributed by atoms with Gasteiger partial charge in [-0.25, -0.2) is 9.98 Å². The van der Waals surface area contributed by atoms with Crippen LogP contribution in [0.25, 0.3) is 0 Å². The molecule has 146 valence electrons. The molecule has 2 atom stereocenters. The number of carbonyl (C=O) groups is 1. The van der Waals surface area contributed by atoms with Crippen LogP contribution in [0.2, 0.25) is 0 Å². The molecule has 7 nitrogen and oxygen atoms in total. The van der Waals surface area contributed by atoms with E-state index in [2.05, 4.69) is 34.5 Å². The van der Waals surface area contributed by atoms with Crippen molar-refractivity contribution >= 4 is 23.2 Å². The highest BCUT2D eigenvalue weighted by Gasteiger charge is 2.15. The van der Waals surface area contributed by atoms with Crippen molar-refractivity contribution in [1.82, 2.24) is 20.5 Å². The van der Waals surface area contributed by atoms with Gasteiger partial charge in [-0.15, -0.1) is 11.3 Å². The summed E-state index contributed by atoms with van der Waals surface area (Å²) in [6, 6.07) is 0. The highest BCUT2D eigenvalue weighted by Crippen LogP contribution is 2.20. The third-order valence-corrected chi connectivity index (χ3v) is 5.42. The lowest BCUT2D eigenvalue weighted by atomic mass is 10.1. The van der Waals surface area contributed by atoms with Crippen molar-refractivity contribution in [1.29, 1.82) is 0 Å². The van der Waals surface area contributed by atoms with Gasteiger partial charge in [0.05, 0.1) is 11.1 Å². The maximum absolute atomic E-state index is 11.8. The Morgan fingerprint density at radius 3 is 2.88 bits per heavy atom. The summed E-state index contributed by atoms with van der Waals surface area (Å²) >= 11 is 1.71. The van der Waals surface area contributed by atoms with Crippen LogP contribution in [0.3, 0.4) is 0 Å². The predicted octanol–water partition coefficient (Wildman–Crippen LogP) is 1.75. The number of nitrogens with zero attached hydrogens (tertiary/aromatic N) is 3. The van der Waals surface area contributed by atoms with E-state index in [-0.39, 0.29) is 24.5 Å². The first-order valence-corrected chi connectivity index (χ1v) is 10.0. The molecule has 2 heterocycles. The van der Waals surface area contributed by atoms with Gasteiger partial charge in [0.25, 0.3) is 0 Å². The van der Waals surface area contributed by atoms with Crippen molar-refractivity contribution in [3.63, 3.8) is 0 Å². The monoisotopic (exact) mass is 381 g/mol. The quantitative estimate of drug-likeness (QED) is 0.556. The zero-order chi connectivity index (χ0) is 18.9. The summed E-state index contributed by atoms with van der Waals surface area (Å²) in [7, 11) is 3.47. The average Bonchev–Trinajstić information content (AvgIpc) is 3.07. The number of ether oxygens (including phenoxy) is 1. The van der Waals surface area contributed by atoms with Gasteiger partial charge in [0, 0.05) is 50.8 Å². The van der Waals surface area contributed by atoms with Crippen LogP contribution in [0.15, 0.2) is 11.2 Å². The number of hydrogen-bond donors (Lipinski definition) is 2. The van der Waals surface area contributed by atoms with Crippen LogP contribution in [0.4, 0.5) is 0 Å². The van der Waals surface area contributed by atoms with E-state index < -0.39 is 0 Å². The molecule has 0 radical (unpaired) electrons. The lowest BCUT2D eigenvalue weighted by molar-refractivity contribution is -0.127. The van der Waals surface area contributed by atoms with Crippen LogP contribution >= 0.6 is 11.3 Å². The molecule has 0 bridgehead atoms. The molecule has 1 aliphatic rings. The van der Waals surface area contributed by atoms with E-state index in [9.17, 15) is 4.79 Å². The van der Waals surface area contributed by atoms with Crippen LogP contribution in [-0.4, -0.2) is 68.2 Å². The summed E-state index contributed by atoms with van der Waals surface area (Å²) in [5.41, 5.74) is 0. The fraction of sp³-hybridized carbons (Fsp3) is 0.722. The SMILES string of the molecule is Cc1cnc(C(C)CNC(=NCC(=O)N(C)C)NCC2CCCCO2)s1. The second-order valence-corrected chi connectivity index (χ2v) is 8.18. The smallest absolute Gasteiger partial charge is 0.243 e. The zero-order valence-corrected chi connectivity index (χ0v) is 17.1. The molecule has 2 N–H and O–H groups in total. The fourth-order valence-corrected chi connectivity index (χ4v) is 3.40. The number of aryl methyl sites for hydroxylation is 1. The summed E-state index contributed by atoms with van der Waals surface area (Å²) in [5.74, 6) is 0.897. The number of rotatable bonds is 7. The van der Waals surface area contributed by atoms with E-state index >= 15 is 0 Å². The third kappa shape index (κ3) is 6.92.